The highest BCUT2D eigenvalue weighted by atomic mass is 32.1. The molecule has 0 spiro atoms. The van der Waals surface area contributed by atoms with E-state index in [9.17, 15) is 0 Å². The first-order valence-corrected chi connectivity index (χ1v) is 8.21. The van der Waals surface area contributed by atoms with Crippen molar-refractivity contribution in [1.29, 1.82) is 0 Å². The molecule has 0 bridgehead atoms. The van der Waals surface area contributed by atoms with Gasteiger partial charge in [0.25, 0.3) is 0 Å². The summed E-state index contributed by atoms with van der Waals surface area (Å²) in [7, 11) is 0. The Kier molecular flexibility index (Phi) is 5.01. The second kappa shape index (κ2) is 6.15. The number of thiol groups is 1. The standard InChI is InChI=1S/C15H30N2S/c1-15(2,3)13(12-18)10-16-8-9-17-7-5-4-6-14(17)11-16/h13-14,18H,4-12H2,1-3H3. The normalized spacial score (nSPS) is 29.0. The molecular weight excluding hydrogens is 240 g/mol. The van der Waals surface area contributed by atoms with E-state index in [1.165, 1.54) is 52.0 Å². The van der Waals surface area contributed by atoms with Crippen LogP contribution in [0, 0.1) is 11.3 Å². The minimum absolute atomic E-state index is 0.380. The predicted octanol–water partition coefficient (Wildman–Crippen LogP) is 2.75. The lowest BCUT2D eigenvalue weighted by Gasteiger charge is -2.46. The summed E-state index contributed by atoms with van der Waals surface area (Å²) in [5.41, 5.74) is 0.380. The highest BCUT2D eigenvalue weighted by molar-refractivity contribution is 7.80. The topological polar surface area (TPSA) is 6.48 Å². The quantitative estimate of drug-likeness (QED) is 0.788. The van der Waals surface area contributed by atoms with E-state index in [0.29, 0.717) is 11.3 Å². The van der Waals surface area contributed by atoms with E-state index in [4.69, 9.17) is 0 Å². The third-order valence-corrected chi connectivity index (χ3v) is 5.29. The molecular formula is C15H30N2S. The Labute approximate surface area is 119 Å². The van der Waals surface area contributed by atoms with Gasteiger partial charge in [-0.05, 0) is 36.5 Å². The van der Waals surface area contributed by atoms with Crippen LogP contribution < -0.4 is 0 Å². The SMILES string of the molecule is CC(C)(C)C(CS)CN1CCN2CCCCC2C1. The van der Waals surface area contributed by atoms with Crippen molar-refractivity contribution < 1.29 is 0 Å². The van der Waals surface area contributed by atoms with E-state index in [0.717, 1.165) is 11.8 Å². The fraction of sp³-hybridized carbons (Fsp3) is 1.00. The second-order valence-corrected chi connectivity index (χ2v) is 7.56. The molecule has 2 nitrogen and oxygen atoms in total. The number of piperidine rings is 1. The molecule has 0 saturated carbocycles. The van der Waals surface area contributed by atoms with Crippen LogP contribution in [0.3, 0.4) is 0 Å². The minimum atomic E-state index is 0.380. The first-order valence-electron chi connectivity index (χ1n) is 7.58. The zero-order valence-electron chi connectivity index (χ0n) is 12.4. The van der Waals surface area contributed by atoms with Gasteiger partial charge in [-0.1, -0.05) is 27.2 Å². The van der Waals surface area contributed by atoms with Crippen molar-refractivity contribution in [2.24, 2.45) is 11.3 Å². The molecule has 106 valence electrons. The number of piperazine rings is 1. The molecule has 18 heavy (non-hydrogen) atoms. The van der Waals surface area contributed by atoms with Gasteiger partial charge >= 0.3 is 0 Å². The zero-order chi connectivity index (χ0) is 13.2. The number of nitrogens with zero attached hydrogens (tertiary/aromatic N) is 2. The van der Waals surface area contributed by atoms with E-state index in [1.807, 2.05) is 0 Å². The third kappa shape index (κ3) is 3.64. The molecule has 2 aliphatic heterocycles. The van der Waals surface area contributed by atoms with Crippen LogP contribution in [-0.2, 0) is 0 Å². The van der Waals surface area contributed by atoms with E-state index in [-0.39, 0.29) is 0 Å². The van der Waals surface area contributed by atoms with Crippen LogP contribution in [0.15, 0.2) is 0 Å². The summed E-state index contributed by atoms with van der Waals surface area (Å²) in [4.78, 5) is 5.41. The number of hydrogen-bond acceptors (Lipinski definition) is 3. The highest BCUT2D eigenvalue weighted by Crippen LogP contribution is 2.29. The molecule has 0 aliphatic carbocycles. The highest BCUT2D eigenvalue weighted by Gasteiger charge is 2.32. The van der Waals surface area contributed by atoms with Crippen molar-refractivity contribution in [2.75, 3.05) is 38.5 Å². The molecule has 2 heterocycles. The van der Waals surface area contributed by atoms with E-state index in [2.05, 4.69) is 43.2 Å². The summed E-state index contributed by atoms with van der Waals surface area (Å²) < 4.78 is 0. The van der Waals surface area contributed by atoms with Crippen LogP contribution in [0.4, 0.5) is 0 Å². The van der Waals surface area contributed by atoms with Crippen LogP contribution in [-0.4, -0.2) is 54.3 Å². The first-order chi connectivity index (χ1) is 8.50. The number of hydrogen-bond donors (Lipinski definition) is 1. The molecule has 0 N–H and O–H groups in total. The lowest BCUT2D eigenvalue weighted by atomic mass is 9.81. The Hall–Kier alpha value is 0.270. The predicted molar refractivity (Wildman–Crippen MR) is 82.5 cm³/mol. The lowest BCUT2D eigenvalue weighted by Crippen LogP contribution is -2.56. The summed E-state index contributed by atoms with van der Waals surface area (Å²) in [5.74, 6) is 1.71. The summed E-state index contributed by atoms with van der Waals surface area (Å²) in [6.45, 7) is 13.5. The second-order valence-electron chi connectivity index (χ2n) is 7.19. The molecule has 2 unspecified atom stereocenters. The molecule has 0 aromatic carbocycles. The molecule has 0 aromatic rings. The monoisotopic (exact) mass is 270 g/mol. The molecule has 0 aromatic heterocycles. The van der Waals surface area contributed by atoms with E-state index in [1.54, 1.807) is 0 Å². The average Bonchev–Trinajstić information content (AvgIpc) is 2.34. The Morgan fingerprint density at radius 3 is 2.61 bits per heavy atom. The molecule has 2 atom stereocenters. The summed E-state index contributed by atoms with van der Waals surface area (Å²) in [6.07, 6.45) is 4.26. The summed E-state index contributed by atoms with van der Waals surface area (Å²) in [5, 5.41) is 0. The summed E-state index contributed by atoms with van der Waals surface area (Å²) >= 11 is 4.56. The maximum absolute atomic E-state index is 4.56. The van der Waals surface area contributed by atoms with Crippen LogP contribution in [0.1, 0.15) is 40.0 Å². The summed E-state index contributed by atoms with van der Waals surface area (Å²) in [6, 6.07) is 0.841. The molecule has 2 aliphatic rings. The Balaban J connectivity index is 1.87. The van der Waals surface area contributed by atoms with Gasteiger partial charge in [-0.25, -0.2) is 0 Å². The van der Waals surface area contributed by atoms with Crippen LogP contribution in [0.5, 0.6) is 0 Å². The molecule has 0 radical (unpaired) electrons. The van der Waals surface area contributed by atoms with Gasteiger partial charge in [0.2, 0.25) is 0 Å². The van der Waals surface area contributed by atoms with Gasteiger partial charge in [0.15, 0.2) is 0 Å². The fourth-order valence-corrected chi connectivity index (χ4v) is 3.97. The van der Waals surface area contributed by atoms with Crippen molar-refractivity contribution in [1.82, 2.24) is 9.80 Å². The number of fused-ring (bicyclic) bond motifs is 1. The largest absolute Gasteiger partial charge is 0.300 e. The van der Waals surface area contributed by atoms with Crippen molar-refractivity contribution in [3.8, 4) is 0 Å². The minimum Gasteiger partial charge on any atom is -0.300 e. The Morgan fingerprint density at radius 1 is 1.17 bits per heavy atom. The molecule has 0 amide bonds. The third-order valence-electron chi connectivity index (χ3n) is 4.85. The maximum atomic E-state index is 4.56. The smallest absolute Gasteiger partial charge is 0.0223 e. The van der Waals surface area contributed by atoms with Crippen molar-refractivity contribution >= 4 is 12.6 Å². The van der Waals surface area contributed by atoms with Crippen molar-refractivity contribution in [2.45, 2.75) is 46.1 Å². The van der Waals surface area contributed by atoms with Crippen LogP contribution in [0.2, 0.25) is 0 Å². The van der Waals surface area contributed by atoms with Gasteiger partial charge in [0.1, 0.15) is 0 Å². The fourth-order valence-electron chi connectivity index (χ4n) is 3.30. The Bertz CT molecular complexity index is 262. The van der Waals surface area contributed by atoms with Gasteiger partial charge in [-0.2, -0.15) is 12.6 Å². The van der Waals surface area contributed by atoms with Crippen LogP contribution >= 0.6 is 12.6 Å². The molecule has 2 saturated heterocycles. The molecule has 3 heteroatoms. The first kappa shape index (κ1) is 14.7. The van der Waals surface area contributed by atoms with Gasteiger partial charge in [0, 0.05) is 32.2 Å². The lowest BCUT2D eigenvalue weighted by molar-refractivity contribution is 0.0336. The van der Waals surface area contributed by atoms with Crippen molar-refractivity contribution in [3.63, 3.8) is 0 Å². The molecule has 2 fully saturated rings. The van der Waals surface area contributed by atoms with E-state index >= 15 is 0 Å². The van der Waals surface area contributed by atoms with Crippen LogP contribution in [0.25, 0.3) is 0 Å². The van der Waals surface area contributed by atoms with Gasteiger partial charge < -0.3 is 4.90 Å². The van der Waals surface area contributed by atoms with Gasteiger partial charge in [0.05, 0.1) is 0 Å². The van der Waals surface area contributed by atoms with Crippen molar-refractivity contribution in [3.05, 3.63) is 0 Å². The van der Waals surface area contributed by atoms with Gasteiger partial charge in [-0.3, -0.25) is 4.90 Å². The molecule has 2 rings (SSSR count). The van der Waals surface area contributed by atoms with E-state index < -0.39 is 0 Å². The maximum Gasteiger partial charge on any atom is 0.0223 e. The number of rotatable bonds is 3. The Morgan fingerprint density at radius 2 is 1.94 bits per heavy atom. The zero-order valence-corrected chi connectivity index (χ0v) is 13.3. The van der Waals surface area contributed by atoms with Gasteiger partial charge in [-0.15, -0.1) is 0 Å². The average molecular weight is 270 g/mol.